The van der Waals surface area contributed by atoms with Crippen LogP contribution < -0.4 is 0 Å². The van der Waals surface area contributed by atoms with Gasteiger partial charge in [0.1, 0.15) is 0 Å². The monoisotopic (exact) mass is 292 g/mol. The first-order valence-electron chi connectivity index (χ1n) is 7.78. The van der Waals surface area contributed by atoms with Gasteiger partial charge in [-0.05, 0) is 66.5 Å². The highest BCUT2D eigenvalue weighted by Gasteiger charge is 2.11. The molecule has 0 heterocycles. The first-order chi connectivity index (χ1) is 10.6. The first kappa shape index (κ1) is 14.6. The molecule has 1 aliphatic carbocycles. The third-order valence-electron chi connectivity index (χ3n) is 4.37. The molecule has 0 bridgehead atoms. The van der Waals surface area contributed by atoms with Crippen molar-refractivity contribution in [1.29, 1.82) is 0 Å². The van der Waals surface area contributed by atoms with E-state index in [0.717, 1.165) is 17.6 Å². The molecule has 2 nitrogen and oxygen atoms in total. The summed E-state index contributed by atoms with van der Waals surface area (Å²) in [7, 11) is 0. The van der Waals surface area contributed by atoms with E-state index in [1.807, 2.05) is 25.1 Å². The summed E-state index contributed by atoms with van der Waals surface area (Å²) < 4.78 is 0. The highest BCUT2D eigenvalue weighted by Crippen LogP contribution is 2.26. The molecule has 22 heavy (non-hydrogen) atoms. The van der Waals surface area contributed by atoms with Crippen LogP contribution in [0.25, 0.3) is 11.6 Å². The molecule has 0 amide bonds. The maximum atomic E-state index is 11.3. The smallest absolute Gasteiger partial charge is 0.336 e. The molecular formula is C20H20O2. The number of benzene rings is 2. The Bertz CT molecular complexity index is 741. The van der Waals surface area contributed by atoms with E-state index in [9.17, 15) is 9.90 Å². The Labute approximate surface area is 131 Å². The predicted molar refractivity (Wildman–Crippen MR) is 90.0 cm³/mol. The molecule has 0 aliphatic heterocycles. The fourth-order valence-corrected chi connectivity index (χ4v) is 3.11. The van der Waals surface area contributed by atoms with E-state index in [4.69, 9.17) is 0 Å². The average molecular weight is 292 g/mol. The summed E-state index contributed by atoms with van der Waals surface area (Å²) in [5, 5.41) is 9.28. The summed E-state index contributed by atoms with van der Waals surface area (Å²) in [6.07, 6.45) is 6.85. The van der Waals surface area contributed by atoms with Crippen molar-refractivity contribution in [2.75, 3.05) is 0 Å². The largest absolute Gasteiger partial charge is 0.478 e. The van der Waals surface area contributed by atoms with Gasteiger partial charge >= 0.3 is 5.97 Å². The van der Waals surface area contributed by atoms with Crippen LogP contribution in [0.1, 0.15) is 52.4 Å². The average Bonchev–Trinajstić information content (AvgIpc) is 2.54. The van der Waals surface area contributed by atoms with Crippen LogP contribution in [0.4, 0.5) is 0 Å². The van der Waals surface area contributed by atoms with Gasteiger partial charge in [-0.2, -0.15) is 0 Å². The van der Waals surface area contributed by atoms with Gasteiger partial charge in [-0.1, -0.05) is 42.5 Å². The number of hydrogen-bond donors (Lipinski definition) is 1. The van der Waals surface area contributed by atoms with Gasteiger partial charge in [0, 0.05) is 0 Å². The molecule has 0 saturated heterocycles. The maximum absolute atomic E-state index is 11.3. The summed E-state index contributed by atoms with van der Waals surface area (Å²) in [6.45, 7) is 2.04. The Balaban J connectivity index is 1.97. The Kier molecular flexibility index (Phi) is 4.10. The first-order valence-corrected chi connectivity index (χ1v) is 7.78. The highest BCUT2D eigenvalue weighted by molar-refractivity contribution is 5.95. The summed E-state index contributed by atoms with van der Waals surface area (Å²) in [5.74, 6) is -0.884. The van der Waals surface area contributed by atoms with Crippen LogP contribution >= 0.6 is 0 Å². The van der Waals surface area contributed by atoms with Gasteiger partial charge < -0.3 is 5.11 Å². The number of rotatable bonds is 3. The molecule has 3 rings (SSSR count). The Morgan fingerprint density at radius 3 is 2.55 bits per heavy atom. The second kappa shape index (κ2) is 6.18. The standard InChI is InChI=1S/C20H20O2/c1-14(12-18-8-4-5-9-19(18)20(21)22)16-11-10-15-6-2-3-7-17(15)13-16/h4-5,8-13H,2-3,6-7H2,1H3,(H,21,22)/b14-12+. The van der Waals surface area contributed by atoms with Gasteiger partial charge in [0.05, 0.1) is 5.56 Å². The number of fused-ring (bicyclic) bond motifs is 1. The van der Waals surface area contributed by atoms with Gasteiger partial charge in [0.25, 0.3) is 0 Å². The Morgan fingerprint density at radius 1 is 1.05 bits per heavy atom. The molecule has 1 N–H and O–H groups in total. The van der Waals surface area contributed by atoms with Crippen LogP contribution in [0.3, 0.4) is 0 Å². The third-order valence-corrected chi connectivity index (χ3v) is 4.37. The van der Waals surface area contributed by atoms with Gasteiger partial charge in [-0.3, -0.25) is 0 Å². The minimum Gasteiger partial charge on any atom is -0.478 e. The van der Waals surface area contributed by atoms with Gasteiger partial charge in [0.15, 0.2) is 0 Å². The van der Waals surface area contributed by atoms with Crippen molar-refractivity contribution in [2.24, 2.45) is 0 Å². The number of carboxylic acid groups (broad SMARTS) is 1. The van der Waals surface area contributed by atoms with E-state index in [1.165, 1.54) is 36.0 Å². The Hall–Kier alpha value is -2.35. The number of carbonyl (C=O) groups is 1. The zero-order valence-electron chi connectivity index (χ0n) is 12.8. The predicted octanol–water partition coefficient (Wildman–Crippen LogP) is 4.82. The third kappa shape index (κ3) is 2.96. The summed E-state index contributed by atoms with van der Waals surface area (Å²) in [6, 6.07) is 13.8. The van der Waals surface area contributed by atoms with Crippen molar-refractivity contribution in [3.8, 4) is 0 Å². The van der Waals surface area contributed by atoms with Crippen molar-refractivity contribution in [2.45, 2.75) is 32.6 Å². The number of hydrogen-bond acceptors (Lipinski definition) is 1. The van der Waals surface area contributed by atoms with E-state index < -0.39 is 5.97 Å². The molecule has 2 heteroatoms. The zero-order valence-corrected chi connectivity index (χ0v) is 12.8. The molecule has 0 radical (unpaired) electrons. The number of allylic oxidation sites excluding steroid dienone is 1. The SMILES string of the molecule is C/C(=C\c1ccccc1C(=O)O)c1ccc2c(c1)CCCC2. The lowest BCUT2D eigenvalue weighted by molar-refractivity contribution is 0.0696. The molecule has 112 valence electrons. The lowest BCUT2D eigenvalue weighted by Gasteiger charge is -2.17. The van der Waals surface area contributed by atoms with E-state index in [-0.39, 0.29) is 0 Å². The molecule has 0 aromatic heterocycles. The fraction of sp³-hybridized carbons (Fsp3) is 0.250. The van der Waals surface area contributed by atoms with Gasteiger partial charge in [-0.25, -0.2) is 4.79 Å². The Morgan fingerprint density at radius 2 is 1.77 bits per heavy atom. The van der Waals surface area contributed by atoms with Gasteiger partial charge in [0.2, 0.25) is 0 Å². The van der Waals surface area contributed by atoms with Crippen molar-refractivity contribution in [3.05, 3.63) is 70.3 Å². The zero-order chi connectivity index (χ0) is 15.5. The summed E-state index contributed by atoms with van der Waals surface area (Å²) in [4.78, 5) is 11.3. The van der Waals surface area contributed by atoms with E-state index in [0.29, 0.717) is 5.56 Å². The van der Waals surface area contributed by atoms with E-state index >= 15 is 0 Å². The molecular weight excluding hydrogens is 272 g/mol. The fourth-order valence-electron chi connectivity index (χ4n) is 3.11. The lowest BCUT2D eigenvalue weighted by atomic mass is 9.89. The van der Waals surface area contributed by atoms with Crippen LogP contribution in [0.15, 0.2) is 42.5 Å². The second-order valence-electron chi connectivity index (χ2n) is 5.91. The number of aromatic carboxylic acids is 1. The van der Waals surface area contributed by atoms with Crippen LogP contribution in [0, 0.1) is 0 Å². The quantitative estimate of drug-likeness (QED) is 0.823. The minimum atomic E-state index is -0.884. The van der Waals surface area contributed by atoms with E-state index in [2.05, 4.69) is 18.2 Å². The van der Waals surface area contributed by atoms with Crippen molar-refractivity contribution in [1.82, 2.24) is 0 Å². The summed E-state index contributed by atoms with van der Waals surface area (Å²) >= 11 is 0. The number of carboxylic acids is 1. The maximum Gasteiger partial charge on any atom is 0.336 e. The molecule has 1 aliphatic rings. The molecule has 2 aromatic rings. The molecule has 0 saturated carbocycles. The molecule has 0 unspecified atom stereocenters. The number of aryl methyl sites for hydroxylation is 2. The van der Waals surface area contributed by atoms with Crippen molar-refractivity contribution in [3.63, 3.8) is 0 Å². The van der Waals surface area contributed by atoms with E-state index in [1.54, 1.807) is 12.1 Å². The van der Waals surface area contributed by atoms with Gasteiger partial charge in [-0.15, -0.1) is 0 Å². The van der Waals surface area contributed by atoms with Crippen molar-refractivity contribution >= 4 is 17.6 Å². The van der Waals surface area contributed by atoms with Crippen LogP contribution in [-0.4, -0.2) is 11.1 Å². The summed E-state index contributed by atoms with van der Waals surface area (Å²) in [5.41, 5.74) is 6.30. The van der Waals surface area contributed by atoms with Crippen LogP contribution in [0.2, 0.25) is 0 Å². The topological polar surface area (TPSA) is 37.3 Å². The normalized spacial score (nSPS) is 14.5. The second-order valence-corrected chi connectivity index (χ2v) is 5.91. The highest BCUT2D eigenvalue weighted by atomic mass is 16.4. The minimum absolute atomic E-state index is 0.347. The lowest BCUT2D eigenvalue weighted by Crippen LogP contribution is -2.03. The molecule has 0 fully saturated rings. The van der Waals surface area contributed by atoms with Crippen LogP contribution in [-0.2, 0) is 12.8 Å². The molecule has 0 atom stereocenters. The van der Waals surface area contributed by atoms with Crippen molar-refractivity contribution < 1.29 is 9.90 Å². The van der Waals surface area contributed by atoms with Crippen LogP contribution in [0.5, 0.6) is 0 Å². The molecule has 0 spiro atoms. The molecule has 2 aromatic carbocycles.